The van der Waals surface area contributed by atoms with Gasteiger partial charge in [0, 0.05) is 58.9 Å². The smallest absolute Gasteiger partial charge is 0.119 e. The number of phenolic OH excluding ortho intramolecular Hbond substituents is 3. The fraction of sp³-hybridized carbons (Fsp3) is 0.455. The summed E-state index contributed by atoms with van der Waals surface area (Å²) in [6, 6.07) is 23.0. The average Bonchev–Trinajstić information content (AvgIpc) is 3.01. The lowest BCUT2D eigenvalue weighted by atomic mass is 9.99. The van der Waals surface area contributed by atoms with Crippen molar-refractivity contribution in [2.75, 3.05) is 58.9 Å². The maximum atomic E-state index is 10.4. The number of hydrogen-bond acceptors (Lipinski definition) is 6. The molecule has 3 aromatic carbocycles. The van der Waals surface area contributed by atoms with Crippen LogP contribution >= 0.6 is 0 Å². The molecule has 3 atom stereocenters. The van der Waals surface area contributed by atoms with E-state index in [1.165, 1.54) is 0 Å². The molecule has 3 unspecified atom stereocenters. The lowest BCUT2D eigenvalue weighted by molar-refractivity contribution is 0.207. The number of hydrogen-bond donors (Lipinski definition) is 3. The van der Waals surface area contributed by atoms with Crippen molar-refractivity contribution >= 4 is 0 Å². The minimum Gasteiger partial charge on any atom is -0.508 e. The summed E-state index contributed by atoms with van der Waals surface area (Å²) >= 11 is 0. The van der Waals surface area contributed by atoms with E-state index in [1.54, 1.807) is 18.2 Å². The minimum atomic E-state index is 0.217. The van der Waals surface area contributed by atoms with E-state index in [-0.39, 0.29) is 17.8 Å². The molecule has 1 aliphatic heterocycles. The Balaban J connectivity index is 1.48. The van der Waals surface area contributed by atoms with E-state index in [0.717, 1.165) is 75.6 Å². The number of nitrogens with zero attached hydrogens (tertiary/aromatic N) is 3. The molecule has 0 bridgehead atoms. The van der Waals surface area contributed by atoms with Gasteiger partial charge in [0.25, 0.3) is 0 Å². The molecule has 1 fully saturated rings. The number of phenols is 3. The Bertz CT molecular complexity index is 1030. The van der Waals surface area contributed by atoms with Crippen LogP contribution < -0.4 is 0 Å². The Morgan fingerprint density at radius 2 is 0.692 bits per heavy atom. The second kappa shape index (κ2) is 13.8. The fourth-order valence-corrected chi connectivity index (χ4v) is 5.90. The van der Waals surface area contributed by atoms with Crippen LogP contribution in [0.1, 0.15) is 55.2 Å². The lowest BCUT2D eigenvalue weighted by Crippen LogP contribution is -2.39. The molecule has 3 N–H and O–H groups in total. The highest BCUT2D eigenvalue weighted by Crippen LogP contribution is 2.29. The molecule has 0 saturated carbocycles. The summed E-state index contributed by atoms with van der Waals surface area (Å²) in [5.74, 6) is 1.75. The molecule has 210 valence electrons. The van der Waals surface area contributed by atoms with Crippen LogP contribution in [-0.4, -0.2) is 88.9 Å². The zero-order chi connectivity index (χ0) is 27.8. The van der Waals surface area contributed by atoms with Gasteiger partial charge in [-0.1, -0.05) is 75.4 Å². The zero-order valence-electron chi connectivity index (χ0n) is 23.7. The summed E-state index contributed by atoms with van der Waals surface area (Å²) < 4.78 is 0. The highest BCUT2D eigenvalue weighted by molar-refractivity contribution is 5.36. The molecule has 1 aliphatic rings. The topological polar surface area (TPSA) is 70.4 Å². The maximum Gasteiger partial charge on any atom is 0.119 e. The highest BCUT2D eigenvalue weighted by atomic mass is 16.3. The van der Waals surface area contributed by atoms with Crippen molar-refractivity contribution in [2.45, 2.75) is 38.5 Å². The first-order chi connectivity index (χ1) is 18.8. The van der Waals surface area contributed by atoms with Crippen molar-refractivity contribution in [3.8, 4) is 17.2 Å². The largest absolute Gasteiger partial charge is 0.508 e. The molecule has 4 rings (SSSR count). The molecule has 0 aliphatic carbocycles. The molecular weight excluding hydrogens is 486 g/mol. The quantitative estimate of drug-likeness (QED) is 0.342. The molecule has 1 saturated heterocycles. The normalized spacial score (nSPS) is 18.5. The third-order valence-corrected chi connectivity index (χ3v) is 8.20. The van der Waals surface area contributed by atoms with Gasteiger partial charge in [0.1, 0.15) is 17.2 Å². The Hall–Kier alpha value is -3.06. The van der Waals surface area contributed by atoms with Gasteiger partial charge in [-0.2, -0.15) is 0 Å². The first-order valence-electron chi connectivity index (χ1n) is 14.3. The van der Waals surface area contributed by atoms with Crippen LogP contribution in [0.5, 0.6) is 17.2 Å². The highest BCUT2D eigenvalue weighted by Gasteiger charge is 2.23. The van der Waals surface area contributed by atoms with E-state index >= 15 is 0 Å². The average molecular weight is 532 g/mol. The molecule has 6 heteroatoms. The van der Waals surface area contributed by atoms with Gasteiger partial charge in [0.2, 0.25) is 0 Å². The van der Waals surface area contributed by atoms with Crippen molar-refractivity contribution in [1.29, 1.82) is 0 Å². The molecule has 1 heterocycles. The SMILES string of the molecule is CC(CN1CCN(CC(C)c2ccccc2O)CCN(CC(C)c2ccccc2O)CC1)c1ccccc1O. The Morgan fingerprint density at radius 1 is 0.462 bits per heavy atom. The van der Waals surface area contributed by atoms with Crippen LogP contribution in [0.4, 0.5) is 0 Å². The first-order valence-corrected chi connectivity index (χ1v) is 14.3. The Morgan fingerprint density at radius 3 is 0.923 bits per heavy atom. The predicted octanol–water partition coefficient (Wildman–Crippen LogP) is 5.43. The predicted molar refractivity (Wildman–Crippen MR) is 159 cm³/mol. The van der Waals surface area contributed by atoms with Gasteiger partial charge in [-0.3, -0.25) is 0 Å². The monoisotopic (exact) mass is 531 g/mol. The molecular formula is C33H45N3O3. The number of para-hydroxylation sites is 3. The van der Waals surface area contributed by atoms with Gasteiger partial charge in [-0.25, -0.2) is 0 Å². The van der Waals surface area contributed by atoms with Crippen LogP contribution in [0, 0.1) is 0 Å². The second-order valence-electron chi connectivity index (χ2n) is 11.3. The van der Waals surface area contributed by atoms with Crippen molar-refractivity contribution in [1.82, 2.24) is 14.7 Å². The number of rotatable bonds is 9. The van der Waals surface area contributed by atoms with Gasteiger partial charge < -0.3 is 30.0 Å². The zero-order valence-corrected chi connectivity index (χ0v) is 23.7. The van der Waals surface area contributed by atoms with E-state index in [9.17, 15) is 15.3 Å². The standard InChI is InChI=1S/C33H45N3O3/c1-25(28-10-4-7-13-31(28)37)22-34-16-18-35(23-26(2)29-11-5-8-14-32(29)38)20-21-36(19-17-34)24-27(3)30-12-6-9-15-33(30)39/h4-15,25-27,37-39H,16-24H2,1-3H3. The van der Waals surface area contributed by atoms with Gasteiger partial charge in [-0.05, 0) is 52.6 Å². The molecule has 3 aromatic rings. The third-order valence-electron chi connectivity index (χ3n) is 8.20. The summed E-state index contributed by atoms with van der Waals surface area (Å²) in [4.78, 5) is 7.58. The Kier molecular flexibility index (Phi) is 10.3. The van der Waals surface area contributed by atoms with Crippen LogP contribution in [-0.2, 0) is 0 Å². The lowest BCUT2D eigenvalue weighted by Gasteiger charge is -2.29. The third kappa shape index (κ3) is 7.98. The first kappa shape index (κ1) is 28.9. The number of aromatic hydroxyl groups is 3. The van der Waals surface area contributed by atoms with Crippen LogP contribution in [0.15, 0.2) is 72.8 Å². The molecule has 0 radical (unpaired) electrons. The summed E-state index contributed by atoms with van der Waals surface area (Å²) in [7, 11) is 0. The number of benzene rings is 3. The molecule has 0 aromatic heterocycles. The molecule has 6 nitrogen and oxygen atoms in total. The Labute approximate surface area is 234 Å². The molecule has 0 amide bonds. The van der Waals surface area contributed by atoms with Crippen LogP contribution in [0.25, 0.3) is 0 Å². The van der Waals surface area contributed by atoms with Crippen molar-refractivity contribution in [2.24, 2.45) is 0 Å². The van der Waals surface area contributed by atoms with Crippen LogP contribution in [0.2, 0.25) is 0 Å². The van der Waals surface area contributed by atoms with E-state index in [4.69, 9.17) is 0 Å². The van der Waals surface area contributed by atoms with E-state index < -0.39 is 0 Å². The van der Waals surface area contributed by atoms with Crippen molar-refractivity contribution in [3.05, 3.63) is 89.5 Å². The van der Waals surface area contributed by atoms with Gasteiger partial charge in [0.15, 0.2) is 0 Å². The van der Waals surface area contributed by atoms with Crippen molar-refractivity contribution < 1.29 is 15.3 Å². The summed E-state index contributed by atoms with van der Waals surface area (Å²) in [5, 5.41) is 31.3. The second-order valence-corrected chi connectivity index (χ2v) is 11.3. The van der Waals surface area contributed by atoms with E-state index in [1.807, 2.05) is 54.6 Å². The molecule has 39 heavy (non-hydrogen) atoms. The van der Waals surface area contributed by atoms with Gasteiger partial charge in [-0.15, -0.1) is 0 Å². The van der Waals surface area contributed by atoms with E-state index in [0.29, 0.717) is 17.2 Å². The van der Waals surface area contributed by atoms with E-state index in [2.05, 4.69) is 35.5 Å². The fourth-order valence-electron chi connectivity index (χ4n) is 5.90. The van der Waals surface area contributed by atoms with Gasteiger partial charge in [0.05, 0.1) is 0 Å². The summed E-state index contributed by atoms with van der Waals surface area (Å²) in [5.41, 5.74) is 2.98. The van der Waals surface area contributed by atoms with Crippen LogP contribution in [0.3, 0.4) is 0 Å². The maximum absolute atomic E-state index is 10.4. The molecule has 0 spiro atoms. The van der Waals surface area contributed by atoms with Crippen molar-refractivity contribution in [3.63, 3.8) is 0 Å². The summed E-state index contributed by atoms with van der Waals surface area (Å²) in [6.07, 6.45) is 0. The summed E-state index contributed by atoms with van der Waals surface area (Å²) in [6.45, 7) is 14.9. The van der Waals surface area contributed by atoms with Gasteiger partial charge >= 0.3 is 0 Å². The minimum absolute atomic E-state index is 0.217.